The number of hydrogen-bond acceptors (Lipinski definition) is 4. The van der Waals surface area contributed by atoms with Crippen molar-refractivity contribution >= 4 is 39.2 Å². The second-order valence-electron chi connectivity index (χ2n) is 3.17. The molecule has 0 aliphatic rings. The van der Waals surface area contributed by atoms with Crippen LogP contribution in [-0.4, -0.2) is 24.5 Å². The fourth-order valence-electron chi connectivity index (χ4n) is 1.07. The Morgan fingerprint density at radius 3 is 2.69 bits per heavy atom. The molecule has 90 valence electrons. The summed E-state index contributed by atoms with van der Waals surface area (Å²) in [6.45, 7) is 0. The van der Waals surface area contributed by atoms with Gasteiger partial charge in [0.25, 0.3) is 10.1 Å². The van der Waals surface area contributed by atoms with E-state index >= 15 is 0 Å². The van der Waals surface area contributed by atoms with E-state index in [4.69, 9.17) is 21.9 Å². The zero-order valence-corrected chi connectivity index (χ0v) is 10.8. The van der Waals surface area contributed by atoms with Crippen molar-refractivity contribution in [3.63, 3.8) is 0 Å². The highest BCUT2D eigenvalue weighted by atomic mass is 35.5. The number of anilines is 1. The van der Waals surface area contributed by atoms with E-state index in [1.165, 1.54) is 11.8 Å². The van der Waals surface area contributed by atoms with Gasteiger partial charge in [-0.2, -0.15) is 8.42 Å². The van der Waals surface area contributed by atoms with Gasteiger partial charge in [-0.1, -0.05) is 11.6 Å². The monoisotopic (exact) mass is 281 g/mol. The second-order valence-corrected chi connectivity index (χ2v) is 6.32. The van der Waals surface area contributed by atoms with Crippen LogP contribution in [0, 0.1) is 0 Å². The molecule has 0 spiro atoms. The molecule has 0 heterocycles. The van der Waals surface area contributed by atoms with E-state index in [0.29, 0.717) is 22.9 Å². The van der Waals surface area contributed by atoms with Gasteiger partial charge in [-0.3, -0.25) is 4.55 Å². The third-order valence-corrected chi connectivity index (χ3v) is 3.99. The van der Waals surface area contributed by atoms with Gasteiger partial charge in [-0.05, 0) is 30.4 Å². The van der Waals surface area contributed by atoms with E-state index in [-0.39, 0.29) is 5.75 Å². The van der Waals surface area contributed by atoms with Crippen LogP contribution in [0.2, 0.25) is 5.02 Å². The average Bonchev–Trinajstić information content (AvgIpc) is 2.13. The Labute approximate surface area is 104 Å². The third-order valence-electron chi connectivity index (χ3n) is 1.78. The molecule has 0 amide bonds. The van der Waals surface area contributed by atoms with Crippen LogP contribution in [0.15, 0.2) is 23.1 Å². The van der Waals surface area contributed by atoms with Crippen LogP contribution in [-0.2, 0) is 10.1 Å². The lowest BCUT2D eigenvalue weighted by Crippen LogP contribution is -2.04. The van der Waals surface area contributed by atoms with Crippen molar-refractivity contribution in [3.8, 4) is 0 Å². The number of thioether (sulfide) groups is 1. The summed E-state index contributed by atoms with van der Waals surface area (Å²) in [6, 6.07) is 5.16. The number of nitrogens with two attached hydrogens (primary N) is 1. The largest absolute Gasteiger partial charge is 0.398 e. The van der Waals surface area contributed by atoms with Crippen molar-refractivity contribution in [2.75, 3.05) is 17.2 Å². The first-order valence-electron chi connectivity index (χ1n) is 4.51. The van der Waals surface area contributed by atoms with Gasteiger partial charge >= 0.3 is 0 Å². The maximum Gasteiger partial charge on any atom is 0.264 e. The summed E-state index contributed by atoms with van der Waals surface area (Å²) < 4.78 is 29.4. The van der Waals surface area contributed by atoms with Crippen LogP contribution in [0.3, 0.4) is 0 Å². The summed E-state index contributed by atoms with van der Waals surface area (Å²) in [6.07, 6.45) is 0.381. The summed E-state index contributed by atoms with van der Waals surface area (Å²) >= 11 is 7.17. The lowest BCUT2D eigenvalue weighted by Gasteiger charge is -2.04. The predicted molar refractivity (Wildman–Crippen MR) is 67.6 cm³/mol. The number of nitrogen functional groups attached to an aromatic ring is 1. The van der Waals surface area contributed by atoms with E-state index < -0.39 is 10.1 Å². The van der Waals surface area contributed by atoms with E-state index in [0.717, 1.165) is 4.90 Å². The van der Waals surface area contributed by atoms with Crippen LogP contribution < -0.4 is 5.73 Å². The molecule has 0 radical (unpaired) electrons. The van der Waals surface area contributed by atoms with Gasteiger partial charge in [-0.25, -0.2) is 0 Å². The normalized spacial score (nSPS) is 11.6. The van der Waals surface area contributed by atoms with Crippen LogP contribution in [0.5, 0.6) is 0 Å². The molecule has 4 nitrogen and oxygen atoms in total. The summed E-state index contributed by atoms with van der Waals surface area (Å²) in [4.78, 5) is 0.861. The van der Waals surface area contributed by atoms with Gasteiger partial charge in [0.2, 0.25) is 0 Å². The van der Waals surface area contributed by atoms with Crippen molar-refractivity contribution in [1.82, 2.24) is 0 Å². The molecule has 0 aromatic heterocycles. The van der Waals surface area contributed by atoms with E-state index in [9.17, 15) is 8.42 Å². The smallest absolute Gasteiger partial charge is 0.264 e. The fraction of sp³-hybridized carbons (Fsp3) is 0.333. The number of benzene rings is 1. The van der Waals surface area contributed by atoms with Crippen LogP contribution >= 0.6 is 23.4 Å². The minimum Gasteiger partial charge on any atom is -0.398 e. The Morgan fingerprint density at radius 2 is 2.12 bits per heavy atom. The zero-order valence-electron chi connectivity index (χ0n) is 8.39. The van der Waals surface area contributed by atoms with Gasteiger partial charge in [0.05, 0.1) is 5.75 Å². The first-order valence-corrected chi connectivity index (χ1v) is 7.49. The molecule has 0 saturated carbocycles. The fourth-order valence-corrected chi connectivity index (χ4v) is 2.85. The summed E-state index contributed by atoms with van der Waals surface area (Å²) in [7, 11) is -3.86. The molecule has 1 rings (SSSR count). The summed E-state index contributed by atoms with van der Waals surface area (Å²) in [5, 5.41) is 0.569. The van der Waals surface area contributed by atoms with E-state index in [1.807, 2.05) is 0 Å². The van der Waals surface area contributed by atoms with Crippen molar-refractivity contribution in [3.05, 3.63) is 23.2 Å². The molecule has 0 fully saturated rings. The quantitative estimate of drug-likeness (QED) is 0.375. The number of rotatable bonds is 5. The lowest BCUT2D eigenvalue weighted by molar-refractivity contribution is 0.482. The van der Waals surface area contributed by atoms with Crippen molar-refractivity contribution in [2.45, 2.75) is 11.3 Å². The minimum absolute atomic E-state index is 0.229. The number of halogens is 1. The Hall–Kier alpha value is -0.430. The summed E-state index contributed by atoms with van der Waals surface area (Å²) in [5.74, 6) is 0.346. The Bertz CT molecular complexity index is 462. The maximum atomic E-state index is 10.5. The lowest BCUT2D eigenvalue weighted by atomic mass is 10.3. The second kappa shape index (κ2) is 5.77. The maximum absolute atomic E-state index is 10.5. The van der Waals surface area contributed by atoms with Crippen molar-refractivity contribution < 1.29 is 13.0 Å². The van der Waals surface area contributed by atoms with Gasteiger partial charge in [0.1, 0.15) is 0 Å². The molecule has 0 aliphatic heterocycles. The molecule has 0 saturated heterocycles. The van der Waals surface area contributed by atoms with Gasteiger partial charge in [0, 0.05) is 15.6 Å². The molecule has 3 N–H and O–H groups in total. The minimum atomic E-state index is -3.86. The first-order chi connectivity index (χ1) is 7.38. The van der Waals surface area contributed by atoms with Crippen LogP contribution in [0.25, 0.3) is 0 Å². The standard InChI is InChI=1S/C9H12ClNO3S2/c10-7-2-3-9(8(11)6-7)15-4-1-5-16(12,13)14/h2-3,6H,1,4-5,11H2,(H,12,13,14). The van der Waals surface area contributed by atoms with E-state index in [1.54, 1.807) is 18.2 Å². The molecular formula is C9H12ClNO3S2. The van der Waals surface area contributed by atoms with Crippen LogP contribution in [0.4, 0.5) is 5.69 Å². The van der Waals surface area contributed by atoms with Gasteiger partial charge < -0.3 is 5.73 Å². The molecule has 1 aromatic carbocycles. The highest BCUT2D eigenvalue weighted by molar-refractivity contribution is 7.99. The Morgan fingerprint density at radius 1 is 1.44 bits per heavy atom. The van der Waals surface area contributed by atoms with E-state index in [2.05, 4.69) is 0 Å². The Kier molecular flexibility index (Phi) is 4.91. The molecule has 0 bridgehead atoms. The highest BCUT2D eigenvalue weighted by Gasteiger charge is 2.05. The topological polar surface area (TPSA) is 80.4 Å². The molecule has 0 unspecified atom stereocenters. The molecule has 1 aromatic rings. The van der Waals surface area contributed by atoms with Crippen LogP contribution in [0.1, 0.15) is 6.42 Å². The highest BCUT2D eigenvalue weighted by Crippen LogP contribution is 2.27. The molecule has 7 heteroatoms. The molecule has 16 heavy (non-hydrogen) atoms. The average molecular weight is 282 g/mol. The third kappa shape index (κ3) is 5.07. The van der Waals surface area contributed by atoms with Gasteiger partial charge in [-0.15, -0.1) is 11.8 Å². The Balaban J connectivity index is 2.43. The first kappa shape index (κ1) is 13.6. The summed E-state index contributed by atoms with van der Waals surface area (Å²) in [5.41, 5.74) is 6.29. The molecular weight excluding hydrogens is 270 g/mol. The molecule has 0 atom stereocenters. The number of hydrogen-bond donors (Lipinski definition) is 2. The SMILES string of the molecule is Nc1cc(Cl)ccc1SCCCS(=O)(=O)O. The zero-order chi connectivity index (χ0) is 12.2. The predicted octanol–water partition coefficient (Wildman–Crippen LogP) is 2.29. The van der Waals surface area contributed by atoms with Gasteiger partial charge in [0.15, 0.2) is 0 Å². The van der Waals surface area contributed by atoms with Crippen molar-refractivity contribution in [1.29, 1.82) is 0 Å². The molecule has 0 aliphatic carbocycles. The van der Waals surface area contributed by atoms with Crippen molar-refractivity contribution in [2.24, 2.45) is 0 Å².